The van der Waals surface area contributed by atoms with E-state index >= 15 is 0 Å². The SMILES string of the molecule is Cc1cc(-c2nn3c(CSCCc4ccccc4)nnc3s2)no1. The Morgan fingerprint density at radius 2 is 2.08 bits per heavy atom. The molecule has 0 amide bonds. The summed E-state index contributed by atoms with van der Waals surface area (Å²) in [7, 11) is 0. The largest absolute Gasteiger partial charge is 0.361 e. The number of rotatable bonds is 6. The first-order valence-corrected chi connectivity index (χ1v) is 9.53. The van der Waals surface area contributed by atoms with Crippen LogP contribution in [0.15, 0.2) is 40.9 Å². The van der Waals surface area contributed by atoms with Crippen molar-refractivity contribution in [2.45, 2.75) is 19.1 Å². The van der Waals surface area contributed by atoms with Crippen LogP contribution < -0.4 is 0 Å². The van der Waals surface area contributed by atoms with Crippen molar-refractivity contribution in [3.05, 3.63) is 53.5 Å². The Balaban J connectivity index is 1.42. The molecule has 0 aliphatic carbocycles. The monoisotopic (exact) mass is 357 g/mol. The molecule has 0 bridgehead atoms. The molecular formula is C16H15N5OS2. The first kappa shape index (κ1) is 15.3. The molecule has 0 aliphatic heterocycles. The summed E-state index contributed by atoms with van der Waals surface area (Å²) < 4.78 is 6.92. The number of hydrogen-bond donors (Lipinski definition) is 0. The summed E-state index contributed by atoms with van der Waals surface area (Å²) >= 11 is 3.30. The molecule has 3 aromatic heterocycles. The number of hydrogen-bond acceptors (Lipinski definition) is 7. The average molecular weight is 357 g/mol. The first-order chi connectivity index (χ1) is 11.8. The third-order valence-electron chi connectivity index (χ3n) is 3.51. The number of aromatic nitrogens is 5. The summed E-state index contributed by atoms with van der Waals surface area (Å²) in [5.41, 5.74) is 2.10. The zero-order chi connectivity index (χ0) is 16.4. The van der Waals surface area contributed by atoms with Crippen molar-refractivity contribution in [1.29, 1.82) is 0 Å². The van der Waals surface area contributed by atoms with Gasteiger partial charge in [0.05, 0.1) is 5.75 Å². The molecule has 0 spiro atoms. The van der Waals surface area contributed by atoms with Gasteiger partial charge in [-0.3, -0.25) is 0 Å². The van der Waals surface area contributed by atoms with Crippen LogP contribution in [0.2, 0.25) is 0 Å². The second-order valence-corrected chi connectivity index (χ2v) is 7.39. The lowest BCUT2D eigenvalue weighted by Crippen LogP contribution is -1.96. The van der Waals surface area contributed by atoms with Crippen molar-refractivity contribution in [1.82, 2.24) is 25.0 Å². The molecule has 0 aliphatic rings. The molecule has 0 N–H and O–H groups in total. The molecule has 0 saturated carbocycles. The Bertz CT molecular complexity index is 944. The van der Waals surface area contributed by atoms with Crippen LogP contribution in [-0.2, 0) is 12.2 Å². The van der Waals surface area contributed by atoms with Gasteiger partial charge in [0, 0.05) is 6.07 Å². The summed E-state index contributed by atoms with van der Waals surface area (Å²) in [6.45, 7) is 1.87. The van der Waals surface area contributed by atoms with Gasteiger partial charge in [-0.25, -0.2) is 0 Å². The molecule has 1 aromatic carbocycles. The number of aryl methyl sites for hydroxylation is 2. The smallest absolute Gasteiger partial charge is 0.235 e. The van der Waals surface area contributed by atoms with E-state index in [4.69, 9.17) is 4.52 Å². The van der Waals surface area contributed by atoms with Crippen LogP contribution in [0.1, 0.15) is 17.1 Å². The summed E-state index contributed by atoms with van der Waals surface area (Å²) in [6.07, 6.45) is 1.05. The molecule has 4 rings (SSSR count). The van der Waals surface area contributed by atoms with Gasteiger partial charge in [0.25, 0.3) is 0 Å². The predicted molar refractivity (Wildman–Crippen MR) is 95.2 cm³/mol. The van der Waals surface area contributed by atoms with Crippen molar-refractivity contribution >= 4 is 28.1 Å². The maximum absolute atomic E-state index is 5.11. The lowest BCUT2D eigenvalue weighted by molar-refractivity contribution is 0.399. The van der Waals surface area contributed by atoms with E-state index in [9.17, 15) is 0 Å². The highest BCUT2D eigenvalue weighted by molar-refractivity contribution is 7.98. The second-order valence-electron chi connectivity index (χ2n) is 5.33. The van der Waals surface area contributed by atoms with E-state index in [0.717, 1.165) is 45.2 Å². The fourth-order valence-corrected chi connectivity index (χ4v) is 4.01. The van der Waals surface area contributed by atoms with Gasteiger partial charge >= 0.3 is 0 Å². The molecule has 0 saturated heterocycles. The quantitative estimate of drug-likeness (QED) is 0.491. The molecule has 122 valence electrons. The molecule has 3 heterocycles. The fraction of sp³-hybridized carbons (Fsp3) is 0.250. The van der Waals surface area contributed by atoms with E-state index in [2.05, 4.69) is 44.7 Å². The summed E-state index contributed by atoms with van der Waals surface area (Å²) in [5.74, 6) is 3.46. The Morgan fingerprint density at radius 1 is 1.21 bits per heavy atom. The van der Waals surface area contributed by atoms with Gasteiger partial charge in [-0.1, -0.05) is 46.8 Å². The van der Waals surface area contributed by atoms with Crippen LogP contribution in [0.3, 0.4) is 0 Å². The third-order valence-corrected chi connectivity index (χ3v) is 5.39. The maximum Gasteiger partial charge on any atom is 0.235 e. The predicted octanol–water partition coefficient (Wildman–Crippen LogP) is 3.63. The minimum absolute atomic E-state index is 0.741. The Morgan fingerprint density at radius 3 is 2.88 bits per heavy atom. The number of thioether (sulfide) groups is 1. The van der Waals surface area contributed by atoms with Gasteiger partial charge < -0.3 is 4.52 Å². The van der Waals surface area contributed by atoms with E-state index in [1.807, 2.05) is 30.8 Å². The van der Waals surface area contributed by atoms with E-state index < -0.39 is 0 Å². The number of nitrogens with zero attached hydrogens (tertiary/aromatic N) is 5. The highest BCUT2D eigenvalue weighted by Crippen LogP contribution is 2.25. The summed E-state index contributed by atoms with van der Waals surface area (Å²) in [6, 6.07) is 12.4. The fourth-order valence-electron chi connectivity index (χ4n) is 2.32. The first-order valence-electron chi connectivity index (χ1n) is 7.56. The summed E-state index contributed by atoms with van der Waals surface area (Å²) in [5, 5.41) is 17.8. The van der Waals surface area contributed by atoms with Crippen LogP contribution >= 0.6 is 23.1 Å². The van der Waals surface area contributed by atoms with Crippen LogP contribution in [-0.4, -0.2) is 30.7 Å². The topological polar surface area (TPSA) is 69.1 Å². The van der Waals surface area contributed by atoms with Crippen molar-refractivity contribution < 1.29 is 4.52 Å². The molecule has 0 radical (unpaired) electrons. The molecule has 0 unspecified atom stereocenters. The molecule has 0 atom stereocenters. The molecule has 4 aromatic rings. The van der Waals surface area contributed by atoms with E-state index in [-0.39, 0.29) is 0 Å². The minimum Gasteiger partial charge on any atom is -0.361 e. The van der Waals surface area contributed by atoms with Gasteiger partial charge in [0.15, 0.2) is 10.8 Å². The zero-order valence-electron chi connectivity index (χ0n) is 13.0. The minimum atomic E-state index is 0.741. The van der Waals surface area contributed by atoms with Gasteiger partial charge in [-0.2, -0.15) is 21.4 Å². The van der Waals surface area contributed by atoms with Gasteiger partial charge in [-0.15, -0.1) is 10.2 Å². The van der Waals surface area contributed by atoms with Crippen LogP contribution in [0, 0.1) is 6.92 Å². The van der Waals surface area contributed by atoms with Crippen molar-refractivity contribution in [2.24, 2.45) is 0 Å². The Kier molecular flexibility index (Phi) is 4.31. The van der Waals surface area contributed by atoms with E-state index in [1.54, 1.807) is 4.52 Å². The molecular weight excluding hydrogens is 342 g/mol. The highest BCUT2D eigenvalue weighted by Gasteiger charge is 2.15. The van der Waals surface area contributed by atoms with E-state index in [0.29, 0.717) is 0 Å². The molecule has 8 heteroatoms. The van der Waals surface area contributed by atoms with Gasteiger partial charge in [0.2, 0.25) is 4.96 Å². The van der Waals surface area contributed by atoms with Crippen molar-refractivity contribution in [2.75, 3.05) is 5.75 Å². The normalized spacial score (nSPS) is 11.4. The highest BCUT2D eigenvalue weighted by atomic mass is 32.2. The lowest BCUT2D eigenvalue weighted by atomic mass is 10.2. The second kappa shape index (κ2) is 6.74. The van der Waals surface area contributed by atoms with Crippen LogP contribution in [0.5, 0.6) is 0 Å². The third kappa shape index (κ3) is 3.20. The lowest BCUT2D eigenvalue weighted by Gasteiger charge is -2.00. The zero-order valence-corrected chi connectivity index (χ0v) is 14.7. The number of fused-ring (bicyclic) bond motifs is 1. The average Bonchev–Trinajstić information content (AvgIpc) is 3.28. The van der Waals surface area contributed by atoms with Crippen LogP contribution in [0.25, 0.3) is 15.7 Å². The Labute approximate surface area is 146 Å². The summed E-state index contributed by atoms with van der Waals surface area (Å²) in [4.78, 5) is 0.782. The van der Waals surface area contributed by atoms with Gasteiger partial charge in [0.1, 0.15) is 11.5 Å². The van der Waals surface area contributed by atoms with Crippen molar-refractivity contribution in [3.63, 3.8) is 0 Å². The standard InChI is InChI=1S/C16H15N5OS2/c1-11-9-13(20-22-11)15-19-21-14(17-18-16(21)24-15)10-23-8-7-12-5-3-2-4-6-12/h2-6,9H,7-8,10H2,1H3. The molecule has 24 heavy (non-hydrogen) atoms. The van der Waals surface area contributed by atoms with Crippen molar-refractivity contribution in [3.8, 4) is 10.7 Å². The van der Waals surface area contributed by atoms with Crippen LogP contribution in [0.4, 0.5) is 0 Å². The molecule has 0 fully saturated rings. The van der Waals surface area contributed by atoms with E-state index in [1.165, 1.54) is 16.9 Å². The Hall–Kier alpha value is -2.19. The maximum atomic E-state index is 5.11. The van der Waals surface area contributed by atoms with Gasteiger partial charge in [-0.05, 0) is 24.7 Å². The molecule has 6 nitrogen and oxygen atoms in total. The number of benzene rings is 1.